The van der Waals surface area contributed by atoms with Gasteiger partial charge in [0.2, 0.25) is 5.91 Å². The van der Waals surface area contributed by atoms with E-state index in [4.69, 9.17) is 9.84 Å². The van der Waals surface area contributed by atoms with E-state index in [0.717, 1.165) is 0 Å². The lowest BCUT2D eigenvalue weighted by molar-refractivity contribution is -0.136. The average molecular weight is 261 g/mol. The van der Waals surface area contributed by atoms with Crippen molar-refractivity contribution in [1.29, 1.82) is 0 Å². The molecule has 1 rings (SSSR count). The SMILES string of the molecule is COc1ccc(CC(=O)O)c(C#CCNC(C)=O)c1. The summed E-state index contributed by atoms with van der Waals surface area (Å²) in [6.07, 6.45) is -0.103. The number of ether oxygens (including phenoxy) is 1. The van der Waals surface area contributed by atoms with Gasteiger partial charge in [0.1, 0.15) is 5.75 Å². The summed E-state index contributed by atoms with van der Waals surface area (Å²) in [5.41, 5.74) is 1.20. The molecule has 100 valence electrons. The Balaban J connectivity index is 2.93. The molecule has 0 aromatic heterocycles. The molecule has 0 aliphatic heterocycles. The van der Waals surface area contributed by atoms with Crippen LogP contribution in [0, 0.1) is 11.8 Å². The summed E-state index contributed by atoms with van der Waals surface area (Å²) in [5, 5.41) is 11.4. The first kappa shape index (κ1) is 14.6. The van der Waals surface area contributed by atoms with Gasteiger partial charge in [-0.05, 0) is 17.7 Å². The average Bonchev–Trinajstić information content (AvgIpc) is 2.35. The number of amides is 1. The van der Waals surface area contributed by atoms with Crippen LogP contribution in [0.5, 0.6) is 5.75 Å². The van der Waals surface area contributed by atoms with E-state index in [1.54, 1.807) is 18.2 Å². The highest BCUT2D eigenvalue weighted by Gasteiger charge is 2.06. The highest BCUT2D eigenvalue weighted by molar-refractivity contribution is 5.73. The summed E-state index contributed by atoms with van der Waals surface area (Å²) >= 11 is 0. The minimum atomic E-state index is -0.921. The Morgan fingerprint density at radius 1 is 1.42 bits per heavy atom. The molecule has 19 heavy (non-hydrogen) atoms. The monoisotopic (exact) mass is 261 g/mol. The Hall–Kier alpha value is -2.48. The molecule has 0 radical (unpaired) electrons. The lowest BCUT2D eigenvalue weighted by Gasteiger charge is -2.05. The number of carbonyl (C=O) groups excluding carboxylic acids is 1. The first-order chi connectivity index (χ1) is 9.02. The molecule has 0 atom stereocenters. The molecule has 0 bridgehead atoms. The van der Waals surface area contributed by atoms with E-state index in [9.17, 15) is 9.59 Å². The van der Waals surface area contributed by atoms with Gasteiger partial charge in [0, 0.05) is 12.5 Å². The second-order valence-electron chi connectivity index (χ2n) is 3.81. The Labute approximate surface area is 111 Å². The number of carboxylic acids is 1. The van der Waals surface area contributed by atoms with Crippen molar-refractivity contribution in [3.05, 3.63) is 29.3 Å². The van der Waals surface area contributed by atoms with Crippen LogP contribution in [-0.2, 0) is 16.0 Å². The van der Waals surface area contributed by atoms with Crippen LogP contribution >= 0.6 is 0 Å². The molecule has 1 aromatic rings. The van der Waals surface area contributed by atoms with E-state index in [0.29, 0.717) is 16.9 Å². The van der Waals surface area contributed by atoms with Crippen molar-refractivity contribution in [2.45, 2.75) is 13.3 Å². The maximum atomic E-state index is 10.8. The second-order valence-corrected chi connectivity index (χ2v) is 3.81. The molecule has 1 aromatic carbocycles. The summed E-state index contributed by atoms with van der Waals surface area (Å²) in [6.45, 7) is 1.63. The van der Waals surface area contributed by atoms with Crippen molar-refractivity contribution in [2.24, 2.45) is 0 Å². The van der Waals surface area contributed by atoms with Gasteiger partial charge in [-0.25, -0.2) is 0 Å². The van der Waals surface area contributed by atoms with E-state index in [1.165, 1.54) is 14.0 Å². The Kier molecular flexibility index (Phi) is 5.42. The number of carbonyl (C=O) groups is 2. The first-order valence-electron chi connectivity index (χ1n) is 5.65. The standard InChI is InChI=1S/C14H15NO4/c1-10(16)15-7-3-4-11-8-13(19-2)6-5-12(11)9-14(17)18/h5-6,8H,7,9H2,1-2H3,(H,15,16)(H,17,18). The van der Waals surface area contributed by atoms with Crippen LogP contribution in [-0.4, -0.2) is 30.6 Å². The normalized spacial score (nSPS) is 9.16. The quantitative estimate of drug-likeness (QED) is 0.786. The molecular formula is C14H15NO4. The zero-order valence-corrected chi connectivity index (χ0v) is 10.8. The number of benzene rings is 1. The molecule has 0 aliphatic rings. The van der Waals surface area contributed by atoms with Gasteiger partial charge in [0.05, 0.1) is 20.1 Å². The van der Waals surface area contributed by atoms with Crippen LogP contribution in [0.15, 0.2) is 18.2 Å². The Bertz CT molecular complexity index is 540. The third-order valence-electron chi connectivity index (χ3n) is 2.31. The fourth-order valence-corrected chi connectivity index (χ4v) is 1.42. The summed E-state index contributed by atoms with van der Waals surface area (Å²) in [6, 6.07) is 5.05. The van der Waals surface area contributed by atoms with Gasteiger partial charge < -0.3 is 15.2 Å². The number of aliphatic carboxylic acids is 1. The molecule has 0 fully saturated rings. The van der Waals surface area contributed by atoms with Crippen LogP contribution in [0.25, 0.3) is 0 Å². The van der Waals surface area contributed by atoms with Crippen molar-refractivity contribution in [3.8, 4) is 17.6 Å². The Morgan fingerprint density at radius 2 is 2.16 bits per heavy atom. The molecule has 0 spiro atoms. The highest BCUT2D eigenvalue weighted by Crippen LogP contribution is 2.17. The number of methoxy groups -OCH3 is 1. The zero-order valence-electron chi connectivity index (χ0n) is 10.8. The van der Waals surface area contributed by atoms with Crippen LogP contribution in [0.1, 0.15) is 18.1 Å². The fraction of sp³-hybridized carbons (Fsp3) is 0.286. The van der Waals surface area contributed by atoms with Crippen molar-refractivity contribution in [2.75, 3.05) is 13.7 Å². The maximum Gasteiger partial charge on any atom is 0.307 e. The molecule has 1 amide bonds. The molecule has 2 N–H and O–H groups in total. The second kappa shape index (κ2) is 7.07. The Morgan fingerprint density at radius 3 is 2.74 bits per heavy atom. The van der Waals surface area contributed by atoms with E-state index in [2.05, 4.69) is 17.2 Å². The maximum absolute atomic E-state index is 10.8. The summed E-state index contributed by atoms with van der Waals surface area (Å²) in [5.74, 6) is 5.13. The van der Waals surface area contributed by atoms with Crippen LogP contribution in [0.2, 0.25) is 0 Å². The number of hydrogen-bond donors (Lipinski definition) is 2. The summed E-state index contributed by atoms with van der Waals surface area (Å²) in [4.78, 5) is 21.4. The summed E-state index contributed by atoms with van der Waals surface area (Å²) < 4.78 is 5.07. The predicted molar refractivity (Wildman–Crippen MR) is 69.9 cm³/mol. The lowest BCUT2D eigenvalue weighted by atomic mass is 10.0. The fourth-order valence-electron chi connectivity index (χ4n) is 1.42. The van der Waals surface area contributed by atoms with Crippen molar-refractivity contribution < 1.29 is 19.4 Å². The van der Waals surface area contributed by atoms with Crippen LogP contribution in [0.3, 0.4) is 0 Å². The molecular weight excluding hydrogens is 246 g/mol. The molecule has 0 heterocycles. The smallest absolute Gasteiger partial charge is 0.307 e. The van der Waals surface area contributed by atoms with Gasteiger partial charge in [-0.3, -0.25) is 9.59 Å². The predicted octanol–water partition coefficient (Wildman–Crippen LogP) is 0.810. The van der Waals surface area contributed by atoms with E-state index < -0.39 is 5.97 Å². The van der Waals surface area contributed by atoms with Gasteiger partial charge in [-0.1, -0.05) is 17.9 Å². The minimum Gasteiger partial charge on any atom is -0.497 e. The van der Waals surface area contributed by atoms with Gasteiger partial charge in [-0.2, -0.15) is 0 Å². The number of nitrogens with one attached hydrogen (secondary N) is 1. The highest BCUT2D eigenvalue weighted by atomic mass is 16.5. The topological polar surface area (TPSA) is 75.6 Å². The first-order valence-corrected chi connectivity index (χ1v) is 5.65. The molecule has 0 unspecified atom stereocenters. The van der Waals surface area contributed by atoms with Gasteiger partial charge in [0.15, 0.2) is 0 Å². The lowest BCUT2D eigenvalue weighted by Crippen LogP contribution is -2.19. The van der Waals surface area contributed by atoms with E-state index >= 15 is 0 Å². The minimum absolute atomic E-state index is 0.103. The van der Waals surface area contributed by atoms with Crippen molar-refractivity contribution in [3.63, 3.8) is 0 Å². The number of hydrogen-bond acceptors (Lipinski definition) is 3. The number of rotatable bonds is 4. The molecule has 0 saturated carbocycles. The largest absolute Gasteiger partial charge is 0.497 e. The van der Waals surface area contributed by atoms with Gasteiger partial charge in [0.25, 0.3) is 0 Å². The molecule has 5 heteroatoms. The van der Waals surface area contributed by atoms with Crippen molar-refractivity contribution in [1.82, 2.24) is 5.32 Å². The van der Waals surface area contributed by atoms with E-state index in [1.807, 2.05) is 0 Å². The molecule has 0 saturated heterocycles. The van der Waals surface area contributed by atoms with Gasteiger partial charge in [-0.15, -0.1) is 0 Å². The number of carboxylic acid groups (broad SMARTS) is 1. The van der Waals surface area contributed by atoms with Crippen LogP contribution < -0.4 is 10.1 Å². The third-order valence-corrected chi connectivity index (χ3v) is 2.31. The molecule has 0 aliphatic carbocycles. The third kappa shape index (κ3) is 5.13. The summed E-state index contributed by atoms with van der Waals surface area (Å²) in [7, 11) is 1.53. The van der Waals surface area contributed by atoms with E-state index in [-0.39, 0.29) is 18.9 Å². The van der Waals surface area contributed by atoms with Gasteiger partial charge >= 0.3 is 5.97 Å². The zero-order chi connectivity index (χ0) is 14.3. The molecule has 5 nitrogen and oxygen atoms in total. The van der Waals surface area contributed by atoms with Crippen LogP contribution in [0.4, 0.5) is 0 Å². The van der Waals surface area contributed by atoms with Crippen molar-refractivity contribution >= 4 is 11.9 Å².